The van der Waals surface area contributed by atoms with Gasteiger partial charge in [-0.3, -0.25) is 4.55 Å². The minimum Gasteiger partial charge on any atom is -0.328 e. The predicted molar refractivity (Wildman–Crippen MR) is 69.1 cm³/mol. The van der Waals surface area contributed by atoms with Crippen LogP contribution in [0.5, 0.6) is 0 Å². The molecule has 0 aromatic rings. The van der Waals surface area contributed by atoms with Crippen LogP contribution in [-0.4, -0.2) is 25.3 Å². The zero-order valence-corrected chi connectivity index (χ0v) is 11.6. The lowest BCUT2D eigenvalue weighted by Gasteiger charge is -2.08. The Morgan fingerprint density at radius 3 is 1.94 bits per heavy atom. The Morgan fingerprint density at radius 1 is 1.06 bits per heavy atom. The quantitative estimate of drug-likeness (QED) is 0.540. The van der Waals surface area contributed by atoms with Crippen LogP contribution in [-0.2, 0) is 10.1 Å². The van der Waals surface area contributed by atoms with Gasteiger partial charge in [0.05, 0.1) is 6.26 Å². The zero-order chi connectivity index (χ0) is 13.0. The van der Waals surface area contributed by atoms with Crippen LogP contribution in [0.1, 0.15) is 58.8 Å². The van der Waals surface area contributed by atoms with Crippen molar-refractivity contribution in [1.82, 2.24) is 0 Å². The molecule has 4 nitrogen and oxygen atoms in total. The molecule has 3 N–H and O–H groups in total. The zero-order valence-electron chi connectivity index (χ0n) is 10.8. The van der Waals surface area contributed by atoms with Gasteiger partial charge in [0.25, 0.3) is 10.1 Å². The smallest absolute Gasteiger partial charge is 0.261 e. The molecule has 0 bridgehead atoms. The van der Waals surface area contributed by atoms with Crippen LogP contribution in [0.4, 0.5) is 0 Å². The average Bonchev–Trinajstić information content (AvgIpc) is 2.10. The van der Waals surface area contributed by atoms with E-state index in [-0.39, 0.29) is 0 Å². The molecule has 0 rings (SSSR count). The van der Waals surface area contributed by atoms with Gasteiger partial charge < -0.3 is 5.73 Å². The van der Waals surface area contributed by atoms with Crippen molar-refractivity contribution in [3.63, 3.8) is 0 Å². The van der Waals surface area contributed by atoms with Gasteiger partial charge >= 0.3 is 0 Å². The van der Waals surface area contributed by atoms with Crippen molar-refractivity contribution in [2.75, 3.05) is 6.26 Å². The van der Waals surface area contributed by atoms with Gasteiger partial charge in [0.2, 0.25) is 0 Å². The Balaban J connectivity index is 0. The fourth-order valence-corrected chi connectivity index (χ4v) is 1.35. The third kappa shape index (κ3) is 29.2. The maximum absolute atomic E-state index is 9.19. The average molecular weight is 253 g/mol. The van der Waals surface area contributed by atoms with E-state index in [9.17, 15) is 8.42 Å². The Labute approximate surface area is 100 Å². The first kappa shape index (κ1) is 18.2. The van der Waals surface area contributed by atoms with Crippen LogP contribution in [0.25, 0.3) is 0 Å². The molecule has 5 heteroatoms. The van der Waals surface area contributed by atoms with Crippen LogP contribution in [0, 0.1) is 0 Å². The van der Waals surface area contributed by atoms with Crippen LogP contribution < -0.4 is 5.73 Å². The molecule has 0 saturated heterocycles. The fraction of sp³-hybridized carbons (Fsp3) is 1.00. The first-order valence-corrected chi connectivity index (χ1v) is 7.84. The van der Waals surface area contributed by atoms with E-state index in [4.69, 9.17) is 10.3 Å². The van der Waals surface area contributed by atoms with E-state index in [1.165, 1.54) is 44.9 Å². The van der Waals surface area contributed by atoms with Crippen molar-refractivity contribution in [2.45, 2.75) is 64.8 Å². The summed E-state index contributed by atoms with van der Waals surface area (Å²) in [7, 11) is -3.67. The van der Waals surface area contributed by atoms with Gasteiger partial charge in [0.15, 0.2) is 0 Å². The molecule has 1 unspecified atom stereocenters. The molecule has 0 amide bonds. The SMILES string of the molecule is CCCCCCC(N)CCC.CS(=O)(=O)O. The summed E-state index contributed by atoms with van der Waals surface area (Å²) in [6.07, 6.45) is 9.77. The van der Waals surface area contributed by atoms with E-state index in [1.54, 1.807) is 0 Å². The molecule has 16 heavy (non-hydrogen) atoms. The number of nitrogens with two attached hydrogens (primary N) is 1. The number of unbranched alkanes of at least 4 members (excludes halogenated alkanes) is 3. The third-order valence-electron chi connectivity index (χ3n) is 2.09. The molecule has 0 fully saturated rings. The predicted octanol–water partition coefficient (Wildman–Crippen LogP) is 2.59. The summed E-state index contributed by atoms with van der Waals surface area (Å²) in [4.78, 5) is 0. The molecule has 0 aliphatic rings. The largest absolute Gasteiger partial charge is 0.328 e. The third-order valence-corrected chi connectivity index (χ3v) is 2.09. The summed E-state index contributed by atoms with van der Waals surface area (Å²) in [5, 5.41) is 0. The van der Waals surface area contributed by atoms with Crippen LogP contribution >= 0.6 is 0 Å². The number of hydrogen-bond acceptors (Lipinski definition) is 3. The Hall–Kier alpha value is -0.130. The molecule has 0 aromatic heterocycles. The summed E-state index contributed by atoms with van der Waals surface area (Å²) in [5.41, 5.74) is 5.87. The molecule has 0 aliphatic carbocycles. The highest BCUT2D eigenvalue weighted by atomic mass is 32.2. The van der Waals surface area contributed by atoms with E-state index in [0.717, 1.165) is 0 Å². The molecule has 0 saturated carbocycles. The molecular formula is C11H27NO3S. The van der Waals surface area contributed by atoms with Gasteiger partial charge in [-0.1, -0.05) is 46.0 Å². The molecule has 0 spiro atoms. The molecule has 0 aliphatic heterocycles. The van der Waals surface area contributed by atoms with Gasteiger partial charge in [-0.25, -0.2) is 0 Å². The maximum atomic E-state index is 9.19. The summed E-state index contributed by atoms with van der Waals surface area (Å²) in [6, 6.07) is 0.469. The standard InChI is InChI=1S/C10H23N.CH4O3S/c1-3-5-6-7-9-10(11)8-4-2;1-5(2,3)4/h10H,3-9,11H2,1-2H3;1H3,(H,2,3,4). The van der Waals surface area contributed by atoms with Crippen molar-refractivity contribution in [3.05, 3.63) is 0 Å². The van der Waals surface area contributed by atoms with Crippen LogP contribution in [0.3, 0.4) is 0 Å². The van der Waals surface area contributed by atoms with Gasteiger partial charge in [-0.2, -0.15) is 8.42 Å². The highest BCUT2D eigenvalue weighted by Gasteiger charge is 1.99. The summed E-state index contributed by atoms with van der Waals surface area (Å²) < 4.78 is 25.9. The van der Waals surface area contributed by atoms with Crippen molar-refractivity contribution in [2.24, 2.45) is 5.73 Å². The van der Waals surface area contributed by atoms with E-state index < -0.39 is 10.1 Å². The summed E-state index contributed by atoms with van der Waals surface area (Å²) in [5.74, 6) is 0. The molecule has 0 aromatic carbocycles. The lowest BCUT2D eigenvalue weighted by atomic mass is 10.0. The highest BCUT2D eigenvalue weighted by molar-refractivity contribution is 7.85. The normalized spacial score (nSPS) is 12.8. The van der Waals surface area contributed by atoms with Crippen molar-refractivity contribution in [1.29, 1.82) is 0 Å². The molecular weight excluding hydrogens is 226 g/mol. The second-order valence-corrected chi connectivity index (χ2v) is 5.60. The van der Waals surface area contributed by atoms with E-state index in [0.29, 0.717) is 12.3 Å². The van der Waals surface area contributed by atoms with E-state index in [1.807, 2.05) is 0 Å². The minimum absolute atomic E-state index is 0.469. The van der Waals surface area contributed by atoms with Gasteiger partial charge in [-0.05, 0) is 12.8 Å². The summed E-state index contributed by atoms with van der Waals surface area (Å²) in [6.45, 7) is 4.44. The van der Waals surface area contributed by atoms with Gasteiger partial charge in [0, 0.05) is 6.04 Å². The summed E-state index contributed by atoms with van der Waals surface area (Å²) >= 11 is 0. The highest BCUT2D eigenvalue weighted by Crippen LogP contribution is 2.07. The molecule has 100 valence electrons. The molecule has 0 heterocycles. The van der Waals surface area contributed by atoms with Crippen molar-refractivity contribution in [3.8, 4) is 0 Å². The van der Waals surface area contributed by atoms with Gasteiger partial charge in [0.1, 0.15) is 0 Å². The van der Waals surface area contributed by atoms with E-state index >= 15 is 0 Å². The number of hydrogen-bond donors (Lipinski definition) is 2. The Kier molecular flexibility index (Phi) is 12.9. The topological polar surface area (TPSA) is 80.4 Å². The van der Waals surface area contributed by atoms with E-state index in [2.05, 4.69) is 13.8 Å². The van der Waals surface area contributed by atoms with Gasteiger partial charge in [-0.15, -0.1) is 0 Å². The van der Waals surface area contributed by atoms with Crippen molar-refractivity contribution < 1.29 is 13.0 Å². The maximum Gasteiger partial charge on any atom is 0.261 e. The van der Waals surface area contributed by atoms with Crippen molar-refractivity contribution >= 4 is 10.1 Å². The number of rotatable bonds is 7. The van der Waals surface area contributed by atoms with Crippen LogP contribution in [0.2, 0.25) is 0 Å². The second kappa shape index (κ2) is 11.4. The first-order valence-electron chi connectivity index (χ1n) is 5.99. The van der Waals surface area contributed by atoms with Crippen LogP contribution in [0.15, 0.2) is 0 Å². The first-order chi connectivity index (χ1) is 7.31. The fourth-order valence-electron chi connectivity index (χ4n) is 1.35. The monoisotopic (exact) mass is 253 g/mol. The minimum atomic E-state index is -3.67. The molecule has 0 radical (unpaired) electrons. The Bertz CT molecular complexity index is 219. The lowest BCUT2D eigenvalue weighted by Crippen LogP contribution is -2.18. The lowest BCUT2D eigenvalue weighted by molar-refractivity contribution is 0.490. The second-order valence-electron chi connectivity index (χ2n) is 4.13. The molecule has 1 atom stereocenters. The Morgan fingerprint density at radius 2 is 1.56 bits per heavy atom.